The zero-order chi connectivity index (χ0) is 36.6. The molecule has 1 aromatic rings. The third kappa shape index (κ3) is 9.94. The number of rotatable bonds is 14. The molecule has 2 heterocycles. The van der Waals surface area contributed by atoms with Crippen molar-refractivity contribution < 1.29 is 28.8 Å². The molecular weight excluding hydrogens is 636 g/mol. The van der Waals surface area contributed by atoms with E-state index in [1.807, 2.05) is 49.9 Å². The first kappa shape index (κ1) is 38.6. The van der Waals surface area contributed by atoms with Crippen LogP contribution in [-0.2, 0) is 36.8 Å². The number of nitrogens with zero attached hydrogens (tertiary/aromatic N) is 2. The van der Waals surface area contributed by atoms with Crippen molar-refractivity contribution in [2.75, 3.05) is 32.7 Å². The molecule has 0 radical (unpaired) electrons. The lowest BCUT2D eigenvalue weighted by Crippen LogP contribution is -2.61. The highest BCUT2D eigenvalue weighted by molar-refractivity contribution is 6.37. The summed E-state index contributed by atoms with van der Waals surface area (Å²) in [6.07, 6.45) is 6.20. The van der Waals surface area contributed by atoms with E-state index in [4.69, 9.17) is 0 Å². The SMILES string of the molecule is C=CCNC(=O)C(=O)CNC(=O)[C@@H]1[C@@H](CC(C)C)CCN1C(=O)[C@@H](NC(=O)N[C@H](CN1CCCCC1=O)C(C)(C)C)C1Cc2ccccc2C1. The van der Waals surface area contributed by atoms with Gasteiger partial charge in [0.1, 0.15) is 12.1 Å². The fourth-order valence-corrected chi connectivity index (χ4v) is 7.47. The molecule has 0 saturated carbocycles. The van der Waals surface area contributed by atoms with E-state index >= 15 is 0 Å². The van der Waals surface area contributed by atoms with Gasteiger partial charge < -0.3 is 31.1 Å². The third-order valence-electron chi connectivity index (χ3n) is 10.2. The smallest absolute Gasteiger partial charge is 0.315 e. The summed E-state index contributed by atoms with van der Waals surface area (Å²) in [4.78, 5) is 82.9. The molecule has 4 atom stereocenters. The zero-order valence-electron chi connectivity index (χ0n) is 30.4. The number of benzene rings is 1. The summed E-state index contributed by atoms with van der Waals surface area (Å²) in [6, 6.07) is 5.33. The van der Waals surface area contributed by atoms with Crippen LogP contribution in [0.1, 0.15) is 77.8 Å². The predicted octanol–water partition coefficient (Wildman–Crippen LogP) is 2.75. The van der Waals surface area contributed by atoms with Crippen LogP contribution in [0.25, 0.3) is 0 Å². The molecule has 50 heavy (non-hydrogen) atoms. The quantitative estimate of drug-likeness (QED) is 0.174. The van der Waals surface area contributed by atoms with Crippen molar-refractivity contribution in [1.29, 1.82) is 0 Å². The van der Waals surface area contributed by atoms with Gasteiger partial charge >= 0.3 is 6.03 Å². The summed E-state index contributed by atoms with van der Waals surface area (Å²) >= 11 is 0. The van der Waals surface area contributed by atoms with Gasteiger partial charge in [-0.2, -0.15) is 0 Å². The monoisotopic (exact) mass is 692 g/mol. The van der Waals surface area contributed by atoms with Crippen LogP contribution >= 0.6 is 0 Å². The molecule has 12 nitrogen and oxygen atoms in total. The van der Waals surface area contributed by atoms with Crippen LogP contribution in [0, 0.1) is 23.2 Å². The second-order valence-corrected chi connectivity index (χ2v) is 15.5. The number of piperidine rings is 1. The number of hydrogen-bond donors (Lipinski definition) is 4. The van der Waals surface area contributed by atoms with Gasteiger partial charge in [-0.25, -0.2) is 4.79 Å². The van der Waals surface area contributed by atoms with Crippen molar-refractivity contribution in [1.82, 2.24) is 31.1 Å². The summed E-state index contributed by atoms with van der Waals surface area (Å²) < 4.78 is 0. The van der Waals surface area contributed by atoms with Crippen molar-refractivity contribution in [3.63, 3.8) is 0 Å². The maximum atomic E-state index is 14.7. The first-order valence-electron chi connectivity index (χ1n) is 18.1. The Morgan fingerprint density at radius 2 is 1.66 bits per heavy atom. The molecule has 0 unspecified atom stereocenters. The molecule has 6 amide bonds. The van der Waals surface area contributed by atoms with Gasteiger partial charge in [0.25, 0.3) is 5.91 Å². The van der Waals surface area contributed by atoms with Gasteiger partial charge in [0.05, 0.1) is 12.6 Å². The van der Waals surface area contributed by atoms with E-state index in [2.05, 4.69) is 41.7 Å². The fraction of sp³-hybridized carbons (Fsp3) is 0.632. The minimum absolute atomic E-state index is 0.0814. The number of carbonyl (C=O) groups excluding carboxylic acids is 6. The molecule has 4 rings (SSSR count). The average Bonchev–Trinajstić information content (AvgIpc) is 3.68. The van der Waals surface area contributed by atoms with Crippen LogP contribution in [0.3, 0.4) is 0 Å². The summed E-state index contributed by atoms with van der Waals surface area (Å²) in [6.45, 7) is 14.6. The minimum atomic E-state index is -0.931. The molecule has 1 aromatic carbocycles. The molecule has 4 N–H and O–H groups in total. The first-order valence-corrected chi connectivity index (χ1v) is 18.1. The lowest BCUT2D eigenvalue weighted by Gasteiger charge is -2.38. The van der Waals surface area contributed by atoms with E-state index in [0.717, 1.165) is 24.0 Å². The second-order valence-electron chi connectivity index (χ2n) is 15.5. The second kappa shape index (κ2) is 17.1. The molecule has 1 aliphatic carbocycles. The standard InChI is InChI=1S/C38H56N6O6/c1-7-16-39-34(47)29(45)22-40-35(48)33-27(19-24(2)3)15-18-44(33)36(49)32(28-20-25-12-8-9-13-26(25)21-28)42-37(50)41-30(38(4,5)6)23-43-17-11-10-14-31(43)46/h7-9,12-13,24,27-28,30,32-33H,1,10-11,14-23H2,2-6H3,(H,39,47)(H,40,48)(H2,41,42,50)/t27-,30-,32+,33+/m1/s1. The number of amides is 6. The highest BCUT2D eigenvalue weighted by Gasteiger charge is 2.46. The fourth-order valence-electron chi connectivity index (χ4n) is 7.47. The van der Waals surface area contributed by atoms with Crippen LogP contribution < -0.4 is 21.3 Å². The number of hydrogen-bond acceptors (Lipinski definition) is 6. The highest BCUT2D eigenvalue weighted by atomic mass is 16.2. The van der Waals surface area contributed by atoms with Crippen molar-refractivity contribution >= 4 is 35.4 Å². The van der Waals surface area contributed by atoms with E-state index in [0.29, 0.717) is 51.7 Å². The number of carbonyl (C=O) groups is 6. The van der Waals surface area contributed by atoms with E-state index in [1.165, 1.54) is 6.08 Å². The molecule has 2 aliphatic heterocycles. The summed E-state index contributed by atoms with van der Waals surface area (Å²) in [5, 5.41) is 11.2. The Kier molecular flexibility index (Phi) is 13.2. The number of likely N-dealkylation sites (tertiary alicyclic amines) is 2. The largest absolute Gasteiger partial charge is 0.347 e. The van der Waals surface area contributed by atoms with Crippen molar-refractivity contribution in [2.45, 2.75) is 97.7 Å². The molecular formula is C38H56N6O6. The summed E-state index contributed by atoms with van der Waals surface area (Å²) in [7, 11) is 0. The molecule has 12 heteroatoms. The lowest BCUT2D eigenvalue weighted by molar-refractivity contribution is -0.142. The zero-order valence-corrected chi connectivity index (χ0v) is 30.4. The van der Waals surface area contributed by atoms with Crippen molar-refractivity contribution in [3.8, 4) is 0 Å². The van der Waals surface area contributed by atoms with E-state index in [1.54, 1.807) is 4.90 Å². The van der Waals surface area contributed by atoms with Gasteiger partial charge in [-0.15, -0.1) is 6.58 Å². The number of nitrogens with one attached hydrogen (secondary N) is 4. The van der Waals surface area contributed by atoms with Crippen molar-refractivity contribution in [2.24, 2.45) is 23.2 Å². The third-order valence-corrected chi connectivity index (χ3v) is 10.2. The Morgan fingerprint density at radius 1 is 0.980 bits per heavy atom. The Balaban J connectivity index is 1.56. The van der Waals surface area contributed by atoms with Gasteiger partial charge in [-0.3, -0.25) is 24.0 Å². The minimum Gasteiger partial charge on any atom is -0.347 e. The van der Waals surface area contributed by atoms with Crippen molar-refractivity contribution in [3.05, 3.63) is 48.0 Å². The normalized spacial score (nSPS) is 20.6. The lowest BCUT2D eigenvalue weighted by atomic mass is 9.86. The van der Waals surface area contributed by atoms with Gasteiger partial charge in [0.15, 0.2) is 0 Å². The van der Waals surface area contributed by atoms with E-state index in [9.17, 15) is 28.8 Å². The number of Topliss-reactive ketones (excluding diaryl/α,β-unsaturated/α-hetero) is 1. The Hall–Kier alpha value is -4.22. The molecule has 0 bridgehead atoms. The van der Waals surface area contributed by atoms with Crippen LogP contribution in [0.5, 0.6) is 0 Å². The summed E-state index contributed by atoms with van der Waals surface area (Å²) in [5.74, 6) is -2.54. The van der Waals surface area contributed by atoms with Crippen LogP contribution in [0.15, 0.2) is 36.9 Å². The van der Waals surface area contributed by atoms with Gasteiger partial charge in [-0.1, -0.05) is 65.0 Å². The van der Waals surface area contributed by atoms with E-state index in [-0.39, 0.29) is 47.6 Å². The molecule has 2 saturated heterocycles. The number of ketones is 1. The molecule has 0 spiro atoms. The van der Waals surface area contributed by atoms with Gasteiger partial charge in [-0.05, 0) is 72.8 Å². The van der Waals surface area contributed by atoms with Gasteiger partial charge in [0, 0.05) is 32.6 Å². The Labute approximate surface area is 296 Å². The highest BCUT2D eigenvalue weighted by Crippen LogP contribution is 2.34. The Bertz CT molecular complexity index is 1410. The number of fused-ring (bicyclic) bond motifs is 1. The van der Waals surface area contributed by atoms with Crippen LogP contribution in [0.4, 0.5) is 4.79 Å². The van der Waals surface area contributed by atoms with Crippen LogP contribution in [-0.4, -0.2) is 96.1 Å². The number of urea groups is 1. The molecule has 274 valence electrons. The van der Waals surface area contributed by atoms with Crippen LogP contribution in [0.2, 0.25) is 0 Å². The predicted molar refractivity (Wildman–Crippen MR) is 191 cm³/mol. The average molecular weight is 693 g/mol. The maximum Gasteiger partial charge on any atom is 0.315 e. The maximum absolute atomic E-state index is 14.7. The molecule has 3 aliphatic rings. The molecule has 0 aromatic heterocycles. The van der Waals surface area contributed by atoms with E-state index < -0.39 is 42.3 Å². The summed E-state index contributed by atoms with van der Waals surface area (Å²) in [5.41, 5.74) is 1.87. The topological polar surface area (TPSA) is 157 Å². The molecule has 2 fully saturated rings. The van der Waals surface area contributed by atoms with Gasteiger partial charge in [0.2, 0.25) is 23.5 Å². The first-order chi connectivity index (χ1) is 23.7. The Morgan fingerprint density at radius 3 is 2.26 bits per heavy atom.